The highest BCUT2D eigenvalue weighted by Gasteiger charge is 2.44. The van der Waals surface area contributed by atoms with Crippen LogP contribution >= 0.6 is 0 Å². The van der Waals surface area contributed by atoms with Gasteiger partial charge in [-0.15, -0.1) is 0 Å². The first-order valence-corrected chi connectivity index (χ1v) is 7.20. The van der Waals surface area contributed by atoms with Gasteiger partial charge in [-0.3, -0.25) is 0 Å². The van der Waals surface area contributed by atoms with Gasteiger partial charge in [0.25, 0.3) is 0 Å². The number of fused-ring (bicyclic) bond motifs is 1. The van der Waals surface area contributed by atoms with E-state index in [-0.39, 0.29) is 5.60 Å². The second-order valence-electron chi connectivity index (χ2n) is 5.89. The van der Waals surface area contributed by atoms with Gasteiger partial charge in [-0.2, -0.15) is 10.3 Å². The minimum atomic E-state index is -0.167. The molecule has 100 valence electrons. The van der Waals surface area contributed by atoms with E-state index >= 15 is 0 Å². The highest BCUT2D eigenvalue weighted by atomic mass is 16.5. The molecule has 2 unspecified atom stereocenters. The van der Waals surface area contributed by atoms with Gasteiger partial charge >= 0.3 is 0 Å². The molecule has 1 aliphatic carbocycles. The summed E-state index contributed by atoms with van der Waals surface area (Å²) in [6.07, 6.45) is 7.11. The van der Waals surface area contributed by atoms with E-state index in [0.717, 1.165) is 29.9 Å². The number of ether oxygens (including phenoxy) is 1. The Hall–Kier alpha value is -1.76. The Balaban J connectivity index is 2.00. The maximum atomic E-state index is 8.93. The van der Waals surface area contributed by atoms with Gasteiger partial charge in [0.15, 0.2) is 0 Å². The van der Waals surface area contributed by atoms with Gasteiger partial charge in [0, 0.05) is 12.0 Å². The molecular formula is C16H17BN2O. The van der Waals surface area contributed by atoms with Crippen LogP contribution in [-0.4, -0.2) is 19.2 Å². The summed E-state index contributed by atoms with van der Waals surface area (Å²) in [5.41, 5.74) is 2.20. The molecule has 1 heterocycles. The lowest BCUT2D eigenvalue weighted by atomic mass is 9.84. The number of rotatable bonds is 1. The number of nitriles is 1. The minimum Gasteiger partial charge on any atom is -0.486 e. The number of hydrogen-bond acceptors (Lipinski definition) is 3. The fourth-order valence-corrected chi connectivity index (χ4v) is 3.49. The summed E-state index contributed by atoms with van der Waals surface area (Å²) in [5.74, 6) is 1.53. The van der Waals surface area contributed by atoms with Crippen LogP contribution in [0, 0.1) is 17.4 Å². The first-order valence-electron chi connectivity index (χ1n) is 7.20. The van der Waals surface area contributed by atoms with Gasteiger partial charge in [0.05, 0.1) is 5.71 Å². The molecule has 1 saturated carbocycles. The smallest absolute Gasteiger partial charge is 0.205 e. The third kappa shape index (κ3) is 2.22. The second kappa shape index (κ2) is 4.97. The van der Waals surface area contributed by atoms with Gasteiger partial charge in [-0.25, -0.2) is 0 Å². The minimum absolute atomic E-state index is 0.167. The maximum absolute atomic E-state index is 8.93. The molecule has 1 spiro atoms. The first kappa shape index (κ1) is 13.2. The number of hydrogen-bond donors (Lipinski definition) is 0. The number of nitrogens with zero attached hydrogens (tertiary/aromatic N) is 2. The van der Waals surface area contributed by atoms with E-state index in [1.54, 1.807) is 0 Å². The van der Waals surface area contributed by atoms with Crippen LogP contribution in [0.15, 0.2) is 23.2 Å². The highest BCUT2D eigenvalue weighted by Crippen LogP contribution is 2.46. The molecule has 1 fully saturated rings. The van der Waals surface area contributed by atoms with E-state index < -0.39 is 0 Å². The molecule has 1 aromatic rings. The lowest BCUT2D eigenvalue weighted by molar-refractivity contribution is 0.0733. The van der Waals surface area contributed by atoms with Crippen molar-refractivity contribution in [1.29, 1.82) is 5.26 Å². The SMILES string of the molecule is [B]c1ccc2c(c1)C(=NC#N)CC1(CCC(CC)C1)O2. The highest BCUT2D eigenvalue weighted by molar-refractivity contribution is 6.33. The van der Waals surface area contributed by atoms with Crippen molar-refractivity contribution in [3.8, 4) is 11.9 Å². The van der Waals surface area contributed by atoms with E-state index in [1.807, 2.05) is 24.4 Å². The van der Waals surface area contributed by atoms with Crippen molar-refractivity contribution in [3.05, 3.63) is 23.8 Å². The molecule has 0 N–H and O–H groups in total. The van der Waals surface area contributed by atoms with Crippen molar-refractivity contribution in [2.75, 3.05) is 0 Å². The zero-order chi connectivity index (χ0) is 14.2. The lowest BCUT2D eigenvalue weighted by Crippen LogP contribution is -2.40. The molecule has 1 aliphatic heterocycles. The molecule has 2 aliphatic rings. The topological polar surface area (TPSA) is 45.4 Å². The summed E-state index contributed by atoms with van der Waals surface area (Å²) in [6.45, 7) is 2.23. The Morgan fingerprint density at radius 3 is 3.10 bits per heavy atom. The summed E-state index contributed by atoms with van der Waals surface area (Å²) >= 11 is 0. The van der Waals surface area contributed by atoms with Crippen molar-refractivity contribution < 1.29 is 4.74 Å². The van der Waals surface area contributed by atoms with Crippen LogP contribution in [0.4, 0.5) is 0 Å². The molecule has 1 aromatic carbocycles. The van der Waals surface area contributed by atoms with Crippen LogP contribution in [0.3, 0.4) is 0 Å². The second-order valence-corrected chi connectivity index (χ2v) is 5.89. The Morgan fingerprint density at radius 1 is 1.55 bits per heavy atom. The van der Waals surface area contributed by atoms with Crippen molar-refractivity contribution in [1.82, 2.24) is 0 Å². The molecule has 4 heteroatoms. The van der Waals surface area contributed by atoms with Crippen LogP contribution in [0.5, 0.6) is 5.75 Å². The summed E-state index contributed by atoms with van der Waals surface area (Å²) in [7, 11) is 5.84. The van der Waals surface area contributed by atoms with Crippen molar-refractivity contribution >= 4 is 19.0 Å². The van der Waals surface area contributed by atoms with E-state index in [9.17, 15) is 0 Å². The molecule has 3 nitrogen and oxygen atoms in total. The standard InChI is InChI=1S/C16H17BN2O/c1-2-11-5-6-16(8-11)9-14(19-10-18)13-7-12(17)3-4-15(13)20-16/h3-4,7,11H,2,5-6,8-9H2,1H3. The van der Waals surface area contributed by atoms with Crippen LogP contribution in [0.1, 0.15) is 44.6 Å². The Labute approximate surface area is 121 Å². The van der Waals surface area contributed by atoms with Gasteiger partial charge in [-0.05, 0) is 31.2 Å². The van der Waals surface area contributed by atoms with E-state index in [1.165, 1.54) is 12.8 Å². The average Bonchev–Trinajstić information content (AvgIpc) is 2.83. The van der Waals surface area contributed by atoms with E-state index in [0.29, 0.717) is 17.8 Å². The zero-order valence-electron chi connectivity index (χ0n) is 11.7. The molecule has 0 aromatic heterocycles. The summed E-state index contributed by atoms with van der Waals surface area (Å²) in [6, 6.07) is 5.59. The molecule has 0 saturated heterocycles. The average molecular weight is 264 g/mol. The Morgan fingerprint density at radius 2 is 2.40 bits per heavy atom. The molecule has 3 rings (SSSR count). The Kier molecular flexibility index (Phi) is 3.29. The summed E-state index contributed by atoms with van der Waals surface area (Å²) in [4.78, 5) is 4.02. The van der Waals surface area contributed by atoms with Gasteiger partial charge in [0.1, 0.15) is 19.2 Å². The first-order chi connectivity index (χ1) is 9.65. The van der Waals surface area contributed by atoms with Crippen LogP contribution in [-0.2, 0) is 0 Å². The van der Waals surface area contributed by atoms with Gasteiger partial charge < -0.3 is 4.74 Å². The molecule has 20 heavy (non-hydrogen) atoms. The van der Waals surface area contributed by atoms with E-state index in [2.05, 4.69) is 11.9 Å². The Bertz CT molecular complexity index is 605. The lowest BCUT2D eigenvalue weighted by Gasteiger charge is -2.36. The normalized spacial score (nSPS) is 30.0. The fraction of sp³-hybridized carbons (Fsp3) is 0.500. The summed E-state index contributed by atoms with van der Waals surface area (Å²) in [5, 5.41) is 8.93. The molecular weight excluding hydrogens is 247 g/mol. The van der Waals surface area contributed by atoms with Crippen LogP contribution in [0.2, 0.25) is 0 Å². The molecule has 0 amide bonds. The van der Waals surface area contributed by atoms with Crippen LogP contribution < -0.4 is 10.2 Å². The molecule has 2 radical (unpaired) electrons. The fourth-order valence-electron chi connectivity index (χ4n) is 3.49. The number of aliphatic imine (C=N–C) groups is 1. The molecule has 0 bridgehead atoms. The molecule has 2 atom stereocenters. The van der Waals surface area contributed by atoms with Gasteiger partial charge in [0.2, 0.25) is 6.19 Å². The van der Waals surface area contributed by atoms with Crippen molar-refractivity contribution in [2.24, 2.45) is 10.9 Å². The van der Waals surface area contributed by atoms with Crippen LogP contribution in [0.25, 0.3) is 0 Å². The predicted molar refractivity (Wildman–Crippen MR) is 79.6 cm³/mol. The number of benzene rings is 1. The maximum Gasteiger partial charge on any atom is 0.205 e. The largest absolute Gasteiger partial charge is 0.486 e. The third-order valence-electron chi connectivity index (χ3n) is 4.56. The predicted octanol–water partition coefficient (Wildman–Crippen LogP) is 2.48. The van der Waals surface area contributed by atoms with E-state index in [4.69, 9.17) is 17.8 Å². The summed E-state index contributed by atoms with van der Waals surface area (Å²) < 4.78 is 6.30. The van der Waals surface area contributed by atoms with Crippen molar-refractivity contribution in [3.63, 3.8) is 0 Å². The third-order valence-corrected chi connectivity index (χ3v) is 4.56. The zero-order valence-corrected chi connectivity index (χ0v) is 11.7. The van der Waals surface area contributed by atoms with Crippen molar-refractivity contribution in [2.45, 2.75) is 44.6 Å². The quantitative estimate of drug-likeness (QED) is 0.577. The van der Waals surface area contributed by atoms with Gasteiger partial charge in [-0.1, -0.05) is 30.9 Å². The monoisotopic (exact) mass is 264 g/mol.